The summed E-state index contributed by atoms with van der Waals surface area (Å²) in [6.07, 6.45) is 4.10. The van der Waals surface area contributed by atoms with Crippen LogP contribution in [0.25, 0.3) is 66.8 Å². The van der Waals surface area contributed by atoms with Crippen LogP contribution in [-0.4, -0.2) is 35.8 Å². The molecule has 0 aliphatic carbocycles. The van der Waals surface area contributed by atoms with Crippen molar-refractivity contribution in [1.29, 1.82) is 0 Å². The molecular weight excluding hydrogens is 1190 g/mol. The van der Waals surface area contributed by atoms with Crippen LogP contribution in [0.15, 0.2) is 257 Å². The highest BCUT2D eigenvalue weighted by Gasteiger charge is 2.21. The van der Waals surface area contributed by atoms with Crippen molar-refractivity contribution < 1.29 is 83.5 Å². The van der Waals surface area contributed by atoms with Crippen LogP contribution < -0.4 is 28.4 Å². The molecule has 0 fully saturated rings. The highest BCUT2D eigenvalue weighted by Crippen LogP contribution is 2.37. The zero-order valence-corrected chi connectivity index (χ0v) is 49.0. The second-order valence-corrected chi connectivity index (χ2v) is 19.4. The van der Waals surface area contributed by atoms with Crippen LogP contribution in [0, 0.1) is 34.9 Å². The highest BCUT2D eigenvalue weighted by molar-refractivity contribution is 5.90. The number of rotatable bonds is 18. The van der Waals surface area contributed by atoms with Gasteiger partial charge in [0, 0.05) is 68.8 Å². The van der Waals surface area contributed by atoms with E-state index in [1.165, 1.54) is 196 Å². The highest BCUT2D eigenvalue weighted by atomic mass is 19.2. The standard InChI is InChI=1S/2C25H18F2O4.C24H16F2O4/c2*1-4-22(28)30-18-9-5-16(6-10-18)20-13-14-21(24(27)23(20)26)17-7-11-19(12-8-17)31-25(29)15(2)3;1-3-21(27)29-17-9-5-15(6-10-17)19-13-14-20(24(26)23(19)25)16-7-11-18(12-8-16)30-22(28)4-2/h2*4-14H,1-2H2,3H3;3-14H,1-2H2. The van der Waals surface area contributed by atoms with Gasteiger partial charge in [0.2, 0.25) is 0 Å². The fourth-order valence-electron chi connectivity index (χ4n) is 8.22. The van der Waals surface area contributed by atoms with Crippen molar-refractivity contribution in [3.05, 3.63) is 292 Å². The predicted molar refractivity (Wildman–Crippen MR) is 336 cm³/mol. The smallest absolute Gasteiger partial charge is 0.338 e. The number of carbonyl (C=O) groups is 6. The second-order valence-electron chi connectivity index (χ2n) is 19.4. The van der Waals surface area contributed by atoms with Crippen molar-refractivity contribution in [2.75, 3.05) is 0 Å². The van der Waals surface area contributed by atoms with Gasteiger partial charge in [0.05, 0.1) is 0 Å². The molecule has 12 nitrogen and oxygen atoms in total. The summed E-state index contributed by atoms with van der Waals surface area (Å²) in [5.41, 5.74) is 3.41. The molecule has 0 aliphatic heterocycles. The molecule has 0 bridgehead atoms. The topological polar surface area (TPSA) is 158 Å². The van der Waals surface area contributed by atoms with E-state index in [1.54, 1.807) is 0 Å². The molecule has 9 rings (SSSR count). The number of carbonyl (C=O) groups excluding carboxylic acids is 6. The van der Waals surface area contributed by atoms with Gasteiger partial charge in [0.25, 0.3) is 0 Å². The number of esters is 6. The third-order valence-electron chi connectivity index (χ3n) is 12.9. The molecule has 18 heteroatoms. The maximum atomic E-state index is 14.8. The van der Waals surface area contributed by atoms with Crippen LogP contribution in [0.5, 0.6) is 34.5 Å². The van der Waals surface area contributed by atoms with Crippen LogP contribution in [0.3, 0.4) is 0 Å². The van der Waals surface area contributed by atoms with Crippen molar-refractivity contribution >= 4 is 35.8 Å². The van der Waals surface area contributed by atoms with Gasteiger partial charge >= 0.3 is 35.8 Å². The maximum absolute atomic E-state index is 14.8. The van der Waals surface area contributed by atoms with Crippen LogP contribution in [-0.2, 0) is 28.8 Å². The molecule has 9 aromatic carbocycles. The fraction of sp³-hybridized carbons (Fsp3) is 0.0270. The van der Waals surface area contributed by atoms with Crippen LogP contribution in [0.4, 0.5) is 26.3 Å². The van der Waals surface area contributed by atoms with Gasteiger partial charge in [-0.05, 0) is 120 Å². The number of ether oxygens (including phenoxy) is 6. The Kier molecular flexibility index (Phi) is 22.8. The Bertz CT molecular complexity index is 4050. The first kappa shape index (κ1) is 67.3. The van der Waals surface area contributed by atoms with Crippen LogP contribution >= 0.6 is 0 Å². The average Bonchev–Trinajstić information content (AvgIpc) is 0.821. The largest absolute Gasteiger partial charge is 0.423 e. The Hall–Kier alpha value is -12.2. The molecule has 0 unspecified atom stereocenters. The van der Waals surface area contributed by atoms with Crippen molar-refractivity contribution in [2.24, 2.45) is 0 Å². The van der Waals surface area contributed by atoms with Crippen LogP contribution in [0.2, 0.25) is 0 Å². The molecule has 92 heavy (non-hydrogen) atoms. The molecule has 0 spiro atoms. The molecule has 462 valence electrons. The normalized spacial score (nSPS) is 10.3. The monoisotopic (exact) mass is 1250 g/mol. The second kappa shape index (κ2) is 31.1. The summed E-state index contributed by atoms with van der Waals surface area (Å²) < 4.78 is 119. The van der Waals surface area contributed by atoms with E-state index in [1.807, 2.05) is 0 Å². The first-order valence-electron chi connectivity index (χ1n) is 27.2. The summed E-state index contributed by atoms with van der Waals surface area (Å²) in [4.78, 5) is 68.0. The van der Waals surface area contributed by atoms with E-state index < -0.39 is 70.7 Å². The molecule has 0 radical (unpaired) electrons. The van der Waals surface area contributed by atoms with Gasteiger partial charge in [-0.2, -0.15) is 0 Å². The van der Waals surface area contributed by atoms with Gasteiger partial charge in [-0.1, -0.05) is 149 Å². The van der Waals surface area contributed by atoms with Gasteiger partial charge in [-0.3, -0.25) is 0 Å². The van der Waals surface area contributed by atoms with E-state index in [2.05, 4.69) is 39.5 Å². The third-order valence-corrected chi connectivity index (χ3v) is 12.9. The average molecular weight is 1250 g/mol. The predicted octanol–water partition coefficient (Wildman–Crippen LogP) is 17.2. The van der Waals surface area contributed by atoms with Crippen molar-refractivity contribution in [3.63, 3.8) is 0 Å². The minimum atomic E-state index is -1.01. The third kappa shape index (κ3) is 17.3. The summed E-state index contributed by atoms with van der Waals surface area (Å²) in [6, 6.07) is 44.9. The molecular formula is C74H52F6O12. The molecule has 0 heterocycles. The molecule has 0 N–H and O–H groups in total. The quantitative estimate of drug-likeness (QED) is 0.0347. The van der Waals surface area contributed by atoms with E-state index in [0.29, 0.717) is 33.4 Å². The minimum absolute atomic E-state index is 0.0642. The van der Waals surface area contributed by atoms with E-state index in [9.17, 15) is 55.1 Å². The van der Waals surface area contributed by atoms with Gasteiger partial charge in [0.15, 0.2) is 34.9 Å². The molecule has 0 saturated heterocycles. The van der Waals surface area contributed by atoms with Crippen molar-refractivity contribution in [2.45, 2.75) is 13.8 Å². The summed E-state index contributed by atoms with van der Waals surface area (Å²) in [5.74, 6) is -8.06. The van der Waals surface area contributed by atoms with E-state index in [0.717, 1.165) is 24.3 Å². The van der Waals surface area contributed by atoms with Crippen molar-refractivity contribution in [1.82, 2.24) is 0 Å². The zero-order valence-electron chi connectivity index (χ0n) is 49.0. The Morgan fingerprint density at radius 1 is 0.261 bits per heavy atom. The fourth-order valence-corrected chi connectivity index (χ4v) is 8.22. The van der Waals surface area contributed by atoms with E-state index in [4.69, 9.17) is 28.4 Å². The van der Waals surface area contributed by atoms with Crippen LogP contribution in [0.1, 0.15) is 13.8 Å². The van der Waals surface area contributed by atoms with Gasteiger partial charge in [0.1, 0.15) is 34.5 Å². The molecule has 0 atom stereocenters. The van der Waals surface area contributed by atoms with E-state index >= 15 is 0 Å². The maximum Gasteiger partial charge on any atom is 0.338 e. The number of hydrogen-bond acceptors (Lipinski definition) is 12. The SMILES string of the molecule is C=CC(=O)Oc1ccc(-c2ccc(-c3ccc(OC(=O)C(=C)C)cc3)c(F)c2F)cc1.C=CC(=O)Oc1ccc(-c2ccc(-c3ccc(OC(=O)C(=C)C)cc3)c(F)c2F)cc1.C=CC(=O)Oc1ccc(-c2ccc(-c3ccc(OC(=O)C=C)cc3)c(F)c2F)cc1. The summed E-state index contributed by atoms with van der Waals surface area (Å²) in [6.45, 7) is 23.3. The zero-order chi connectivity index (χ0) is 66.8. The first-order valence-corrected chi connectivity index (χ1v) is 27.2. The lowest BCUT2D eigenvalue weighted by molar-refractivity contribution is -0.130. The first-order chi connectivity index (χ1) is 44.0. The lowest BCUT2D eigenvalue weighted by atomic mass is 9.98. The molecule has 0 aliphatic rings. The number of benzene rings is 9. The summed E-state index contributed by atoms with van der Waals surface area (Å²) in [5, 5.41) is 0. The number of hydrogen-bond donors (Lipinski definition) is 0. The minimum Gasteiger partial charge on any atom is -0.423 e. The van der Waals surface area contributed by atoms with Crippen molar-refractivity contribution in [3.8, 4) is 101 Å². The van der Waals surface area contributed by atoms with Gasteiger partial charge < -0.3 is 28.4 Å². The molecule has 0 aromatic heterocycles. The van der Waals surface area contributed by atoms with Gasteiger partial charge in [-0.15, -0.1) is 0 Å². The molecule has 0 saturated carbocycles. The number of halogens is 6. The lowest BCUT2D eigenvalue weighted by Gasteiger charge is -2.10. The molecule has 9 aromatic rings. The Labute approximate surface area is 524 Å². The van der Waals surface area contributed by atoms with E-state index in [-0.39, 0.29) is 79.0 Å². The Morgan fingerprint density at radius 2 is 0.402 bits per heavy atom. The molecule has 0 amide bonds. The lowest BCUT2D eigenvalue weighted by Crippen LogP contribution is -2.07. The Balaban J connectivity index is 0.000000196. The Morgan fingerprint density at radius 3 is 0.533 bits per heavy atom. The summed E-state index contributed by atoms with van der Waals surface area (Å²) >= 11 is 0. The summed E-state index contributed by atoms with van der Waals surface area (Å²) in [7, 11) is 0. The van der Waals surface area contributed by atoms with Gasteiger partial charge in [-0.25, -0.2) is 55.1 Å².